The van der Waals surface area contributed by atoms with Gasteiger partial charge < -0.3 is 10.6 Å². The molecule has 0 bridgehead atoms. The van der Waals surface area contributed by atoms with Crippen LogP contribution in [0.5, 0.6) is 0 Å². The lowest BCUT2D eigenvalue weighted by molar-refractivity contribution is 0.245. The highest BCUT2D eigenvalue weighted by Gasteiger charge is 2.24. The molecule has 0 spiro atoms. The Balaban J connectivity index is 1.73. The Bertz CT molecular complexity index is 838. The minimum absolute atomic E-state index is 0.280. The molecule has 1 aliphatic rings. The molecule has 29 heavy (non-hydrogen) atoms. The predicted octanol–water partition coefficient (Wildman–Crippen LogP) is 3.58. The lowest BCUT2D eigenvalue weighted by Crippen LogP contribution is -2.42. The van der Waals surface area contributed by atoms with E-state index in [2.05, 4.69) is 46.6 Å². The van der Waals surface area contributed by atoms with Gasteiger partial charge in [-0.3, -0.25) is 9.58 Å². The maximum atomic E-state index is 6.27. The average molecular weight is 417 g/mol. The van der Waals surface area contributed by atoms with Crippen molar-refractivity contribution in [3.63, 3.8) is 0 Å². The minimum Gasteiger partial charge on any atom is -0.357 e. The third-order valence-corrected chi connectivity index (χ3v) is 5.91. The van der Waals surface area contributed by atoms with Gasteiger partial charge in [-0.15, -0.1) is 0 Å². The van der Waals surface area contributed by atoms with Crippen LogP contribution in [0.4, 0.5) is 0 Å². The van der Waals surface area contributed by atoms with Gasteiger partial charge >= 0.3 is 0 Å². The highest BCUT2D eigenvalue weighted by Crippen LogP contribution is 2.26. The molecule has 7 heteroatoms. The van der Waals surface area contributed by atoms with Gasteiger partial charge in [-0.2, -0.15) is 5.10 Å². The molecule has 0 aliphatic carbocycles. The van der Waals surface area contributed by atoms with Gasteiger partial charge in [0.2, 0.25) is 0 Å². The number of aliphatic imine (C=N–C) groups is 1. The van der Waals surface area contributed by atoms with Crippen LogP contribution in [0.3, 0.4) is 0 Å². The van der Waals surface area contributed by atoms with E-state index in [1.165, 1.54) is 24.0 Å². The number of aromatic nitrogens is 2. The van der Waals surface area contributed by atoms with E-state index in [0.717, 1.165) is 48.5 Å². The molecule has 2 N–H and O–H groups in total. The fraction of sp³-hybridized carbons (Fsp3) is 0.545. The normalized spacial score (nSPS) is 16.2. The Labute approximate surface area is 179 Å². The summed E-state index contributed by atoms with van der Waals surface area (Å²) < 4.78 is 1.92. The van der Waals surface area contributed by atoms with Crippen molar-refractivity contribution in [2.75, 3.05) is 26.2 Å². The molecule has 1 fully saturated rings. The van der Waals surface area contributed by atoms with Crippen molar-refractivity contribution in [1.29, 1.82) is 0 Å². The van der Waals surface area contributed by atoms with E-state index in [1.54, 1.807) is 0 Å². The summed E-state index contributed by atoms with van der Waals surface area (Å²) in [6, 6.07) is 8.50. The van der Waals surface area contributed by atoms with E-state index in [9.17, 15) is 0 Å². The van der Waals surface area contributed by atoms with Gasteiger partial charge in [0.15, 0.2) is 5.96 Å². The van der Waals surface area contributed by atoms with Crippen molar-refractivity contribution in [1.82, 2.24) is 25.3 Å². The van der Waals surface area contributed by atoms with Crippen molar-refractivity contribution >= 4 is 17.6 Å². The Kier molecular flexibility index (Phi) is 7.56. The van der Waals surface area contributed by atoms with Crippen LogP contribution in [0, 0.1) is 13.8 Å². The molecule has 1 atom stereocenters. The van der Waals surface area contributed by atoms with Crippen molar-refractivity contribution in [3.8, 4) is 0 Å². The van der Waals surface area contributed by atoms with Crippen LogP contribution in [-0.2, 0) is 13.6 Å². The van der Waals surface area contributed by atoms with Gasteiger partial charge in [0, 0.05) is 36.4 Å². The maximum absolute atomic E-state index is 6.27. The number of halogens is 1. The number of aryl methyl sites for hydroxylation is 2. The van der Waals surface area contributed by atoms with Gasteiger partial charge in [0.05, 0.1) is 18.3 Å². The molecule has 1 unspecified atom stereocenters. The Morgan fingerprint density at radius 3 is 2.62 bits per heavy atom. The standard InChI is InChI=1S/C22H33ClN6/c1-5-24-22(25-14-20-16(2)27-28(4)17(20)3)26-15-21(29-11-6-7-12-29)18-9-8-10-19(23)13-18/h8-10,13,21H,5-7,11-12,14-15H2,1-4H3,(H2,24,25,26). The van der Waals surface area contributed by atoms with Crippen LogP contribution >= 0.6 is 11.6 Å². The van der Waals surface area contributed by atoms with Crippen LogP contribution in [0.15, 0.2) is 29.3 Å². The Hall–Kier alpha value is -2.05. The summed E-state index contributed by atoms with van der Waals surface area (Å²) in [7, 11) is 1.98. The third-order valence-electron chi connectivity index (χ3n) is 5.68. The molecule has 2 heterocycles. The second-order valence-electron chi connectivity index (χ2n) is 7.66. The fourth-order valence-electron chi connectivity index (χ4n) is 3.96. The first-order chi connectivity index (χ1) is 14.0. The van der Waals surface area contributed by atoms with Gasteiger partial charge in [0.25, 0.3) is 0 Å². The number of likely N-dealkylation sites (tertiary alicyclic amines) is 1. The first-order valence-corrected chi connectivity index (χ1v) is 10.9. The molecule has 1 aromatic carbocycles. The number of hydrogen-bond donors (Lipinski definition) is 2. The number of rotatable bonds is 7. The molecule has 1 aliphatic heterocycles. The van der Waals surface area contributed by atoms with Gasteiger partial charge in [-0.25, -0.2) is 4.99 Å². The smallest absolute Gasteiger partial charge is 0.191 e. The minimum atomic E-state index is 0.280. The van der Waals surface area contributed by atoms with Crippen LogP contribution in [0.2, 0.25) is 5.02 Å². The quantitative estimate of drug-likeness (QED) is 0.535. The highest BCUT2D eigenvalue weighted by atomic mass is 35.5. The van der Waals surface area contributed by atoms with E-state index in [-0.39, 0.29) is 6.04 Å². The fourth-order valence-corrected chi connectivity index (χ4v) is 4.16. The number of hydrogen-bond acceptors (Lipinski definition) is 3. The SMILES string of the molecule is CCNC(=NCc1c(C)nn(C)c1C)NCC(c1cccc(Cl)c1)N1CCCC1. The molecular formula is C22H33ClN6. The zero-order valence-corrected chi connectivity index (χ0v) is 18.8. The van der Waals surface area contributed by atoms with Crippen LogP contribution < -0.4 is 10.6 Å². The molecule has 158 valence electrons. The zero-order chi connectivity index (χ0) is 20.8. The van der Waals surface area contributed by atoms with E-state index in [1.807, 2.05) is 30.8 Å². The van der Waals surface area contributed by atoms with Gasteiger partial charge in [-0.05, 0) is 64.4 Å². The van der Waals surface area contributed by atoms with Gasteiger partial charge in [0.1, 0.15) is 0 Å². The van der Waals surface area contributed by atoms with E-state index >= 15 is 0 Å². The number of guanidine groups is 1. The van der Waals surface area contributed by atoms with E-state index < -0.39 is 0 Å². The van der Waals surface area contributed by atoms with E-state index in [4.69, 9.17) is 16.6 Å². The van der Waals surface area contributed by atoms with Crippen molar-refractivity contribution < 1.29 is 0 Å². The zero-order valence-electron chi connectivity index (χ0n) is 18.0. The summed E-state index contributed by atoms with van der Waals surface area (Å²) in [5.74, 6) is 0.835. The molecule has 1 aromatic heterocycles. The summed E-state index contributed by atoms with van der Waals surface area (Å²) in [5, 5.41) is 12.2. The highest BCUT2D eigenvalue weighted by molar-refractivity contribution is 6.30. The summed E-state index contributed by atoms with van der Waals surface area (Å²) in [6.45, 7) is 10.7. The van der Waals surface area contributed by atoms with Gasteiger partial charge in [-0.1, -0.05) is 23.7 Å². The summed E-state index contributed by atoms with van der Waals surface area (Å²) in [5.41, 5.74) is 4.65. The number of nitrogens with one attached hydrogen (secondary N) is 2. The summed E-state index contributed by atoms with van der Waals surface area (Å²) in [4.78, 5) is 7.36. The van der Waals surface area contributed by atoms with Crippen LogP contribution in [0.25, 0.3) is 0 Å². The Morgan fingerprint density at radius 2 is 2.00 bits per heavy atom. The maximum Gasteiger partial charge on any atom is 0.191 e. The number of nitrogens with zero attached hydrogens (tertiary/aromatic N) is 4. The first kappa shape index (κ1) is 21.7. The monoisotopic (exact) mass is 416 g/mol. The molecule has 0 amide bonds. The number of benzene rings is 1. The summed E-state index contributed by atoms with van der Waals surface area (Å²) >= 11 is 6.27. The first-order valence-electron chi connectivity index (χ1n) is 10.5. The largest absolute Gasteiger partial charge is 0.357 e. The average Bonchev–Trinajstić information content (AvgIpc) is 3.29. The van der Waals surface area contributed by atoms with E-state index in [0.29, 0.717) is 6.54 Å². The van der Waals surface area contributed by atoms with Crippen LogP contribution in [-0.4, -0.2) is 46.8 Å². The topological polar surface area (TPSA) is 57.5 Å². The lowest BCUT2D eigenvalue weighted by Gasteiger charge is -2.29. The predicted molar refractivity (Wildman–Crippen MR) is 121 cm³/mol. The van der Waals surface area contributed by atoms with Crippen LogP contribution in [0.1, 0.15) is 48.3 Å². The molecule has 6 nitrogen and oxygen atoms in total. The second-order valence-corrected chi connectivity index (χ2v) is 8.10. The molecule has 1 saturated heterocycles. The molecule has 0 saturated carbocycles. The second kappa shape index (κ2) is 10.1. The lowest BCUT2D eigenvalue weighted by atomic mass is 10.1. The molecule has 2 aromatic rings. The van der Waals surface area contributed by atoms with Crippen molar-refractivity contribution in [2.24, 2.45) is 12.0 Å². The van der Waals surface area contributed by atoms with Crippen molar-refractivity contribution in [2.45, 2.75) is 46.2 Å². The molecule has 0 radical (unpaired) electrons. The third kappa shape index (κ3) is 5.52. The molecule has 3 rings (SSSR count). The Morgan fingerprint density at radius 1 is 1.24 bits per heavy atom. The summed E-state index contributed by atoms with van der Waals surface area (Å²) in [6.07, 6.45) is 2.51. The van der Waals surface area contributed by atoms with Crippen molar-refractivity contribution in [3.05, 3.63) is 51.8 Å². The molecular weight excluding hydrogens is 384 g/mol.